The highest BCUT2D eigenvalue weighted by molar-refractivity contribution is 6.31. The zero-order valence-electron chi connectivity index (χ0n) is 11.9. The predicted molar refractivity (Wildman–Crippen MR) is 79.3 cm³/mol. The van der Waals surface area contributed by atoms with E-state index in [1.165, 1.54) is 18.4 Å². The van der Waals surface area contributed by atoms with Gasteiger partial charge in [-0.2, -0.15) is 0 Å². The van der Waals surface area contributed by atoms with Gasteiger partial charge in [0.1, 0.15) is 0 Å². The topological polar surface area (TPSA) is 12.0 Å². The lowest BCUT2D eigenvalue weighted by atomic mass is 9.91. The maximum atomic E-state index is 6.39. The zero-order chi connectivity index (χ0) is 13.4. The number of benzene rings is 1. The quantitative estimate of drug-likeness (QED) is 0.851. The van der Waals surface area contributed by atoms with E-state index in [0.29, 0.717) is 0 Å². The molecule has 18 heavy (non-hydrogen) atoms. The van der Waals surface area contributed by atoms with Gasteiger partial charge in [-0.15, -0.1) is 0 Å². The van der Waals surface area contributed by atoms with Crippen LogP contribution in [-0.2, 0) is 5.41 Å². The molecule has 2 unspecified atom stereocenters. The average molecular weight is 266 g/mol. The SMILES string of the molecule is CCC1CC1(CNC(C)(C)C)c1ccccc1Cl. The highest BCUT2D eigenvalue weighted by Crippen LogP contribution is 2.57. The van der Waals surface area contributed by atoms with Crippen LogP contribution in [0.1, 0.15) is 46.1 Å². The first-order valence-corrected chi connectivity index (χ1v) is 7.27. The van der Waals surface area contributed by atoms with E-state index >= 15 is 0 Å². The van der Waals surface area contributed by atoms with Crippen molar-refractivity contribution in [3.63, 3.8) is 0 Å². The van der Waals surface area contributed by atoms with Crippen molar-refractivity contribution in [2.24, 2.45) is 5.92 Å². The lowest BCUT2D eigenvalue weighted by Gasteiger charge is -2.27. The third-order valence-corrected chi connectivity index (χ3v) is 4.40. The normalized spacial score (nSPS) is 27.3. The summed E-state index contributed by atoms with van der Waals surface area (Å²) in [6, 6.07) is 8.33. The van der Waals surface area contributed by atoms with Crippen LogP contribution in [0.2, 0.25) is 5.02 Å². The van der Waals surface area contributed by atoms with E-state index in [0.717, 1.165) is 17.5 Å². The smallest absolute Gasteiger partial charge is 0.0444 e. The first-order valence-electron chi connectivity index (χ1n) is 6.89. The monoisotopic (exact) mass is 265 g/mol. The van der Waals surface area contributed by atoms with Gasteiger partial charge in [0.25, 0.3) is 0 Å². The molecule has 0 aromatic heterocycles. The summed E-state index contributed by atoms with van der Waals surface area (Å²) in [7, 11) is 0. The fourth-order valence-electron chi connectivity index (χ4n) is 2.85. The maximum Gasteiger partial charge on any atom is 0.0444 e. The van der Waals surface area contributed by atoms with Crippen molar-refractivity contribution in [3.8, 4) is 0 Å². The molecule has 2 rings (SSSR count). The molecule has 1 nitrogen and oxygen atoms in total. The highest BCUT2D eigenvalue weighted by Gasteiger charge is 2.54. The van der Waals surface area contributed by atoms with Gasteiger partial charge >= 0.3 is 0 Å². The molecule has 2 heteroatoms. The minimum atomic E-state index is 0.162. The lowest BCUT2D eigenvalue weighted by Crippen LogP contribution is -2.41. The van der Waals surface area contributed by atoms with E-state index in [2.05, 4.69) is 45.1 Å². The van der Waals surface area contributed by atoms with E-state index in [-0.39, 0.29) is 11.0 Å². The fourth-order valence-corrected chi connectivity index (χ4v) is 3.17. The molecule has 1 aromatic carbocycles. The number of nitrogens with one attached hydrogen (secondary N) is 1. The van der Waals surface area contributed by atoms with E-state index in [9.17, 15) is 0 Å². The van der Waals surface area contributed by atoms with Gasteiger partial charge in [-0.3, -0.25) is 0 Å². The minimum absolute atomic E-state index is 0.162. The zero-order valence-corrected chi connectivity index (χ0v) is 12.6. The van der Waals surface area contributed by atoms with Gasteiger partial charge in [0.2, 0.25) is 0 Å². The summed E-state index contributed by atoms with van der Waals surface area (Å²) in [5, 5.41) is 4.58. The Bertz CT molecular complexity index is 421. The van der Waals surface area contributed by atoms with Crippen LogP contribution in [0.4, 0.5) is 0 Å². The molecule has 1 N–H and O–H groups in total. The van der Waals surface area contributed by atoms with Crippen LogP contribution < -0.4 is 5.32 Å². The van der Waals surface area contributed by atoms with Crippen LogP contribution in [0.5, 0.6) is 0 Å². The summed E-state index contributed by atoms with van der Waals surface area (Å²) >= 11 is 6.39. The van der Waals surface area contributed by atoms with Crippen LogP contribution >= 0.6 is 11.6 Å². The Morgan fingerprint density at radius 3 is 2.50 bits per heavy atom. The van der Waals surface area contributed by atoms with Crippen LogP contribution in [-0.4, -0.2) is 12.1 Å². The highest BCUT2D eigenvalue weighted by atomic mass is 35.5. The van der Waals surface area contributed by atoms with E-state index in [1.807, 2.05) is 12.1 Å². The molecule has 0 radical (unpaired) electrons. The Kier molecular flexibility index (Phi) is 3.75. The molecule has 0 bridgehead atoms. The summed E-state index contributed by atoms with van der Waals surface area (Å²) in [4.78, 5) is 0. The molecule has 1 aliphatic rings. The molecule has 0 heterocycles. The van der Waals surface area contributed by atoms with Crippen LogP contribution in [0, 0.1) is 5.92 Å². The second kappa shape index (κ2) is 4.86. The molecule has 1 saturated carbocycles. The first-order chi connectivity index (χ1) is 8.39. The minimum Gasteiger partial charge on any atom is -0.311 e. The molecule has 0 amide bonds. The standard InChI is InChI=1S/C16H24ClN/c1-5-12-10-16(12,11-18-15(2,3)4)13-8-6-7-9-14(13)17/h6-9,12,18H,5,10-11H2,1-4H3. The van der Waals surface area contributed by atoms with Gasteiger partial charge < -0.3 is 5.32 Å². The number of hydrogen-bond acceptors (Lipinski definition) is 1. The van der Waals surface area contributed by atoms with Crippen molar-refractivity contribution in [3.05, 3.63) is 34.9 Å². The molecule has 100 valence electrons. The molecule has 0 spiro atoms. The second-order valence-corrected chi connectivity index (χ2v) is 6.96. The molecular weight excluding hydrogens is 242 g/mol. The van der Waals surface area contributed by atoms with E-state index in [1.54, 1.807) is 0 Å². The first kappa shape index (κ1) is 13.9. The summed E-state index contributed by atoms with van der Waals surface area (Å²) in [6.45, 7) is 9.96. The van der Waals surface area contributed by atoms with Crippen molar-refractivity contribution in [1.29, 1.82) is 0 Å². The second-order valence-electron chi connectivity index (χ2n) is 6.55. The molecule has 0 saturated heterocycles. The van der Waals surface area contributed by atoms with E-state index in [4.69, 9.17) is 11.6 Å². The Labute approximate surface area is 116 Å². The van der Waals surface area contributed by atoms with Gasteiger partial charge in [-0.25, -0.2) is 0 Å². The van der Waals surface area contributed by atoms with Crippen molar-refractivity contribution >= 4 is 11.6 Å². The maximum absolute atomic E-state index is 6.39. The third-order valence-electron chi connectivity index (χ3n) is 4.07. The molecule has 1 aromatic rings. The van der Waals surface area contributed by atoms with Gasteiger partial charge in [0.15, 0.2) is 0 Å². The average Bonchev–Trinajstić information content (AvgIpc) is 3.01. The van der Waals surface area contributed by atoms with Crippen LogP contribution in [0.15, 0.2) is 24.3 Å². The number of halogens is 1. The largest absolute Gasteiger partial charge is 0.311 e. The predicted octanol–water partition coefficient (Wildman–Crippen LogP) is 4.40. The lowest BCUT2D eigenvalue weighted by molar-refractivity contribution is 0.388. The van der Waals surface area contributed by atoms with Crippen molar-refractivity contribution in [1.82, 2.24) is 5.32 Å². The molecule has 1 aliphatic carbocycles. The van der Waals surface area contributed by atoms with Crippen molar-refractivity contribution in [2.45, 2.75) is 51.5 Å². The third kappa shape index (κ3) is 2.73. The summed E-state index contributed by atoms with van der Waals surface area (Å²) < 4.78 is 0. The fraction of sp³-hybridized carbons (Fsp3) is 0.625. The molecule has 1 fully saturated rings. The van der Waals surface area contributed by atoms with Gasteiger partial charge in [0.05, 0.1) is 0 Å². The Balaban J connectivity index is 2.22. The summed E-state index contributed by atoms with van der Waals surface area (Å²) in [6.07, 6.45) is 2.49. The van der Waals surface area contributed by atoms with E-state index < -0.39 is 0 Å². The Morgan fingerprint density at radius 2 is 2.00 bits per heavy atom. The van der Waals surface area contributed by atoms with Crippen molar-refractivity contribution < 1.29 is 0 Å². The van der Waals surface area contributed by atoms with Gasteiger partial charge in [-0.05, 0) is 44.7 Å². The Hall–Kier alpha value is -0.530. The molecule has 0 aliphatic heterocycles. The summed E-state index contributed by atoms with van der Waals surface area (Å²) in [5.74, 6) is 0.771. The van der Waals surface area contributed by atoms with Gasteiger partial charge in [0, 0.05) is 22.5 Å². The summed E-state index contributed by atoms with van der Waals surface area (Å²) in [5.41, 5.74) is 1.76. The molecular formula is C16H24ClN. The number of rotatable bonds is 4. The van der Waals surface area contributed by atoms with Crippen LogP contribution in [0.25, 0.3) is 0 Å². The molecule has 2 atom stereocenters. The van der Waals surface area contributed by atoms with Gasteiger partial charge in [-0.1, -0.05) is 43.1 Å². The van der Waals surface area contributed by atoms with Crippen molar-refractivity contribution in [2.75, 3.05) is 6.54 Å². The number of hydrogen-bond donors (Lipinski definition) is 1. The van der Waals surface area contributed by atoms with Crippen LogP contribution in [0.3, 0.4) is 0 Å². The Morgan fingerprint density at radius 1 is 1.33 bits per heavy atom.